The van der Waals surface area contributed by atoms with Crippen molar-refractivity contribution in [3.05, 3.63) is 60.5 Å². The minimum Gasteiger partial charge on any atom is -0.399 e. The van der Waals surface area contributed by atoms with Gasteiger partial charge in [-0.15, -0.1) is 0 Å². The van der Waals surface area contributed by atoms with Crippen LogP contribution in [0.5, 0.6) is 0 Å². The normalized spacial score (nSPS) is 10.3. The first-order chi connectivity index (χ1) is 11.1. The molecule has 2 aromatic carbocycles. The first kappa shape index (κ1) is 14.6. The van der Waals surface area contributed by atoms with Crippen LogP contribution in [0.2, 0.25) is 0 Å². The molecule has 116 valence electrons. The molecule has 1 aromatic heterocycles. The molecule has 0 amide bonds. The summed E-state index contributed by atoms with van der Waals surface area (Å²) < 4.78 is 13.9. The fraction of sp³-hybridized carbons (Fsp3) is 0. The maximum atomic E-state index is 13.9. The SMILES string of the molecule is Nc1cccc(Nc2ncc(F)c(Nc3cccc(N)c3)n2)c1.[H+]. The molecule has 3 aromatic rings. The Balaban J connectivity index is 0.00000208. The lowest BCUT2D eigenvalue weighted by Crippen LogP contribution is -2.03. The Morgan fingerprint density at radius 1 is 0.913 bits per heavy atom. The number of nitrogen functional groups attached to an aromatic ring is 2. The molecule has 0 radical (unpaired) electrons. The predicted molar refractivity (Wildman–Crippen MR) is 91.4 cm³/mol. The number of nitrogens with two attached hydrogens (primary N) is 2. The van der Waals surface area contributed by atoms with Crippen molar-refractivity contribution >= 4 is 34.5 Å². The molecule has 1 heterocycles. The molecule has 6 nitrogen and oxygen atoms in total. The summed E-state index contributed by atoms with van der Waals surface area (Å²) in [5.41, 5.74) is 14.0. The van der Waals surface area contributed by atoms with E-state index in [1.54, 1.807) is 42.5 Å². The molecular weight excluding hydrogens is 295 g/mol. The second kappa shape index (κ2) is 6.18. The zero-order chi connectivity index (χ0) is 16.2. The molecule has 0 bridgehead atoms. The van der Waals surface area contributed by atoms with Crippen molar-refractivity contribution in [1.29, 1.82) is 0 Å². The molecule has 0 saturated carbocycles. The Bertz CT molecular complexity index is 842. The topological polar surface area (TPSA) is 102 Å². The van der Waals surface area contributed by atoms with E-state index in [0.29, 0.717) is 22.7 Å². The van der Waals surface area contributed by atoms with Crippen molar-refractivity contribution in [2.45, 2.75) is 0 Å². The fourth-order valence-corrected chi connectivity index (χ4v) is 2.01. The van der Waals surface area contributed by atoms with Crippen LogP contribution in [0.15, 0.2) is 54.7 Å². The largest absolute Gasteiger partial charge is 1.00 e. The summed E-state index contributed by atoms with van der Waals surface area (Å²) in [6.45, 7) is 0. The van der Waals surface area contributed by atoms with Gasteiger partial charge in [-0.25, -0.2) is 9.37 Å². The first-order valence-electron chi connectivity index (χ1n) is 6.88. The quantitative estimate of drug-likeness (QED) is 0.551. The summed E-state index contributed by atoms with van der Waals surface area (Å²) in [5, 5.41) is 5.86. The monoisotopic (exact) mass is 311 g/mol. The van der Waals surface area contributed by atoms with Gasteiger partial charge in [0.1, 0.15) is 0 Å². The second-order valence-electron chi connectivity index (χ2n) is 4.89. The van der Waals surface area contributed by atoms with E-state index in [9.17, 15) is 4.39 Å². The smallest absolute Gasteiger partial charge is 0.399 e. The second-order valence-corrected chi connectivity index (χ2v) is 4.89. The van der Waals surface area contributed by atoms with Crippen LogP contribution in [0, 0.1) is 5.82 Å². The van der Waals surface area contributed by atoms with Gasteiger partial charge < -0.3 is 22.1 Å². The summed E-state index contributed by atoms with van der Waals surface area (Å²) in [5.74, 6) is -0.258. The molecule has 0 atom stereocenters. The number of nitrogens with zero attached hydrogens (tertiary/aromatic N) is 2. The molecule has 7 heteroatoms. The maximum absolute atomic E-state index is 13.9. The highest BCUT2D eigenvalue weighted by Gasteiger charge is 2.08. The lowest BCUT2D eigenvalue weighted by atomic mass is 10.3. The highest BCUT2D eigenvalue weighted by atomic mass is 19.1. The average molecular weight is 311 g/mol. The molecule has 3 rings (SSSR count). The summed E-state index contributed by atoms with van der Waals surface area (Å²) in [6.07, 6.45) is 1.09. The van der Waals surface area contributed by atoms with Crippen LogP contribution < -0.4 is 22.1 Å². The van der Waals surface area contributed by atoms with Crippen molar-refractivity contribution in [1.82, 2.24) is 9.97 Å². The minimum atomic E-state index is -0.564. The van der Waals surface area contributed by atoms with Gasteiger partial charge in [0, 0.05) is 22.7 Å². The van der Waals surface area contributed by atoms with Crippen LogP contribution in [0.25, 0.3) is 0 Å². The molecule has 0 unspecified atom stereocenters. The van der Waals surface area contributed by atoms with Gasteiger partial charge in [0.05, 0.1) is 6.20 Å². The number of anilines is 6. The van der Waals surface area contributed by atoms with Crippen LogP contribution in [0.1, 0.15) is 1.43 Å². The Kier molecular flexibility index (Phi) is 3.92. The summed E-state index contributed by atoms with van der Waals surface area (Å²) in [4.78, 5) is 8.05. The van der Waals surface area contributed by atoms with Crippen molar-refractivity contribution in [3.8, 4) is 0 Å². The zero-order valence-corrected chi connectivity index (χ0v) is 12.1. The lowest BCUT2D eigenvalue weighted by molar-refractivity contribution is 0.619. The fourth-order valence-electron chi connectivity index (χ4n) is 2.01. The maximum Gasteiger partial charge on any atom is 1.00 e. The van der Waals surface area contributed by atoms with Crippen molar-refractivity contribution < 1.29 is 5.82 Å². The molecule has 0 aliphatic rings. The lowest BCUT2D eigenvalue weighted by Gasteiger charge is -2.10. The number of halogens is 1. The number of benzene rings is 2. The van der Waals surface area contributed by atoms with Crippen LogP contribution in [0.4, 0.5) is 38.9 Å². The van der Waals surface area contributed by atoms with E-state index in [-0.39, 0.29) is 13.2 Å². The summed E-state index contributed by atoms with van der Waals surface area (Å²) in [7, 11) is 0. The third-order valence-corrected chi connectivity index (χ3v) is 3.04. The van der Waals surface area contributed by atoms with Crippen LogP contribution in [0.3, 0.4) is 0 Å². The van der Waals surface area contributed by atoms with Crippen LogP contribution in [-0.4, -0.2) is 9.97 Å². The van der Waals surface area contributed by atoms with Crippen molar-refractivity contribution in [3.63, 3.8) is 0 Å². The molecule has 6 N–H and O–H groups in total. The minimum absolute atomic E-state index is 0. The van der Waals surface area contributed by atoms with Gasteiger partial charge in [0.2, 0.25) is 5.95 Å². The molecule has 0 aliphatic heterocycles. The Hall–Kier alpha value is -3.35. The number of aromatic nitrogens is 2. The van der Waals surface area contributed by atoms with E-state index >= 15 is 0 Å². The van der Waals surface area contributed by atoms with E-state index in [2.05, 4.69) is 20.6 Å². The molecular formula is C16H16FN6+. The van der Waals surface area contributed by atoms with Gasteiger partial charge in [-0.05, 0) is 36.4 Å². The van der Waals surface area contributed by atoms with Crippen molar-refractivity contribution in [2.75, 3.05) is 22.1 Å². The Morgan fingerprint density at radius 3 is 2.13 bits per heavy atom. The average Bonchev–Trinajstić information content (AvgIpc) is 2.51. The summed E-state index contributed by atoms with van der Waals surface area (Å²) in [6, 6.07) is 14.1. The van der Waals surface area contributed by atoms with Gasteiger partial charge in [0.25, 0.3) is 0 Å². The van der Waals surface area contributed by atoms with Gasteiger partial charge in [-0.2, -0.15) is 4.98 Å². The summed E-state index contributed by atoms with van der Waals surface area (Å²) >= 11 is 0. The zero-order valence-electron chi connectivity index (χ0n) is 13.1. The third-order valence-electron chi connectivity index (χ3n) is 3.04. The van der Waals surface area contributed by atoms with Crippen molar-refractivity contribution in [2.24, 2.45) is 0 Å². The highest BCUT2D eigenvalue weighted by molar-refractivity contribution is 5.64. The number of hydrogen-bond acceptors (Lipinski definition) is 6. The van der Waals surface area contributed by atoms with Crippen LogP contribution in [-0.2, 0) is 0 Å². The van der Waals surface area contributed by atoms with Gasteiger partial charge >= 0.3 is 1.43 Å². The molecule has 23 heavy (non-hydrogen) atoms. The predicted octanol–water partition coefficient (Wildman–Crippen LogP) is 3.38. The molecule has 0 aliphatic carbocycles. The number of rotatable bonds is 4. The molecule has 0 saturated heterocycles. The van der Waals surface area contributed by atoms with E-state index in [0.717, 1.165) is 6.20 Å². The number of nitrogens with one attached hydrogen (secondary N) is 2. The van der Waals surface area contributed by atoms with E-state index in [4.69, 9.17) is 11.5 Å². The molecule has 0 fully saturated rings. The van der Waals surface area contributed by atoms with Gasteiger partial charge in [-0.1, -0.05) is 12.1 Å². The van der Waals surface area contributed by atoms with E-state index < -0.39 is 5.82 Å². The number of hydrogen-bond donors (Lipinski definition) is 4. The standard InChI is InChI=1S/C16H15FN6/c17-14-9-20-16(22-13-6-2-4-11(19)8-13)23-15(14)21-12-5-1-3-10(18)7-12/h1-9H,18-19H2,(H2,20,21,22,23)/p+1. The van der Waals surface area contributed by atoms with Gasteiger partial charge in [0.15, 0.2) is 11.6 Å². The Labute approximate surface area is 133 Å². The van der Waals surface area contributed by atoms with E-state index in [1.165, 1.54) is 0 Å². The van der Waals surface area contributed by atoms with E-state index in [1.807, 2.05) is 6.07 Å². The Morgan fingerprint density at radius 2 is 1.52 bits per heavy atom. The third kappa shape index (κ3) is 3.65. The first-order valence-corrected chi connectivity index (χ1v) is 6.88. The highest BCUT2D eigenvalue weighted by Crippen LogP contribution is 2.22. The molecule has 0 spiro atoms. The van der Waals surface area contributed by atoms with Gasteiger partial charge in [-0.3, -0.25) is 0 Å². The van der Waals surface area contributed by atoms with Crippen LogP contribution >= 0.6 is 0 Å².